The average Bonchev–Trinajstić information content (AvgIpc) is 2.40. The molecule has 0 saturated heterocycles. The van der Waals surface area contributed by atoms with E-state index in [1.165, 1.54) is 47.7 Å². The Bertz CT molecular complexity index is 368. The minimum absolute atomic E-state index is 0.442. The van der Waals surface area contributed by atoms with Gasteiger partial charge < -0.3 is 5.32 Å². The Hall–Kier alpha value is 0.200. The Kier molecular flexibility index (Phi) is 9.08. The molecule has 0 aliphatic rings. The van der Waals surface area contributed by atoms with E-state index < -0.39 is 0 Å². The van der Waals surface area contributed by atoms with Crippen LogP contribution in [-0.2, 0) is 0 Å². The third kappa shape index (κ3) is 6.46. The zero-order chi connectivity index (χ0) is 14.1. The summed E-state index contributed by atoms with van der Waals surface area (Å²) in [5.74, 6) is 0. The largest absolute Gasteiger partial charge is 0.310 e. The zero-order valence-electron chi connectivity index (χ0n) is 12.0. The summed E-state index contributed by atoms with van der Waals surface area (Å²) < 4.78 is 1.31. The predicted molar refractivity (Wildman–Crippen MR) is 94.0 cm³/mol. The fraction of sp³-hybridized carbons (Fsp3) is 0.625. The molecule has 1 rings (SSSR count). The lowest BCUT2D eigenvalue weighted by molar-refractivity contribution is 0.477. The molecule has 1 atom stereocenters. The molecule has 0 bridgehead atoms. The van der Waals surface area contributed by atoms with E-state index in [2.05, 4.69) is 53.9 Å². The second-order valence-corrected chi connectivity index (χ2v) is 6.58. The maximum Gasteiger partial charge on any atom is 0.0410 e. The van der Waals surface area contributed by atoms with E-state index in [1.807, 2.05) is 6.07 Å². The molecule has 1 N–H and O–H groups in total. The molecule has 19 heavy (non-hydrogen) atoms. The van der Waals surface area contributed by atoms with Gasteiger partial charge in [-0.05, 0) is 59.3 Å². The molecule has 0 radical (unpaired) electrons. The maximum absolute atomic E-state index is 6.13. The van der Waals surface area contributed by atoms with Gasteiger partial charge in [-0.25, -0.2) is 0 Å². The highest BCUT2D eigenvalue weighted by Crippen LogP contribution is 2.27. The third-order valence-electron chi connectivity index (χ3n) is 3.38. The highest BCUT2D eigenvalue weighted by atomic mass is 127. The fourth-order valence-electron chi connectivity index (χ4n) is 2.35. The highest BCUT2D eigenvalue weighted by molar-refractivity contribution is 14.1. The van der Waals surface area contributed by atoms with Crippen LogP contribution in [0.2, 0.25) is 5.02 Å². The molecule has 0 aromatic heterocycles. The van der Waals surface area contributed by atoms with Crippen LogP contribution >= 0.6 is 34.2 Å². The Labute approximate surface area is 136 Å². The third-order valence-corrected chi connectivity index (χ3v) is 4.60. The molecule has 0 saturated carbocycles. The van der Waals surface area contributed by atoms with Gasteiger partial charge in [-0.15, -0.1) is 0 Å². The quantitative estimate of drug-likeness (QED) is 0.403. The minimum Gasteiger partial charge on any atom is -0.310 e. The van der Waals surface area contributed by atoms with Crippen molar-refractivity contribution in [1.29, 1.82) is 0 Å². The smallest absolute Gasteiger partial charge is 0.0410 e. The van der Waals surface area contributed by atoms with Gasteiger partial charge in [0.05, 0.1) is 0 Å². The van der Waals surface area contributed by atoms with E-state index in [4.69, 9.17) is 11.6 Å². The maximum atomic E-state index is 6.13. The van der Waals surface area contributed by atoms with Gasteiger partial charge >= 0.3 is 0 Å². The van der Waals surface area contributed by atoms with Crippen LogP contribution in [0.3, 0.4) is 0 Å². The molecule has 0 aliphatic carbocycles. The van der Waals surface area contributed by atoms with Crippen molar-refractivity contribution in [2.45, 2.75) is 58.4 Å². The summed E-state index contributed by atoms with van der Waals surface area (Å²) in [4.78, 5) is 0. The summed E-state index contributed by atoms with van der Waals surface area (Å²) >= 11 is 8.54. The van der Waals surface area contributed by atoms with E-state index in [0.717, 1.165) is 11.6 Å². The number of halogens is 2. The molecule has 0 spiro atoms. The molecule has 0 fully saturated rings. The van der Waals surface area contributed by atoms with Crippen molar-refractivity contribution in [3.8, 4) is 0 Å². The van der Waals surface area contributed by atoms with E-state index in [9.17, 15) is 0 Å². The van der Waals surface area contributed by atoms with Crippen LogP contribution in [0.25, 0.3) is 0 Å². The van der Waals surface area contributed by atoms with Crippen LogP contribution in [0.15, 0.2) is 18.2 Å². The van der Waals surface area contributed by atoms with Crippen molar-refractivity contribution < 1.29 is 0 Å². The first-order chi connectivity index (χ1) is 9.19. The van der Waals surface area contributed by atoms with Crippen molar-refractivity contribution in [2.24, 2.45) is 0 Å². The Morgan fingerprint density at radius 2 is 1.89 bits per heavy atom. The van der Waals surface area contributed by atoms with E-state index in [1.54, 1.807) is 0 Å². The molecule has 1 unspecified atom stereocenters. The lowest BCUT2D eigenvalue weighted by Gasteiger charge is -2.20. The van der Waals surface area contributed by atoms with Gasteiger partial charge in [0.2, 0.25) is 0 Å². The molecule has 3 heteroatoms. The Morgan fingerprint density at radius 1 is 1.16 bits per heavy atom. The van der Waals surface area contributed by atoms with Gasteiger partial charge in [0, 0.05) is 14.6 Å². The number of benzene rings is 1. The molecule has 0 aliphatic heterocycles. The topological polar surface area (TPSA) is 12.0 Å². The summed E-state index contributed by atoms with van der Waals surface area (Å²) in [6, 6.07) is 6.64. The molecule has 1 aromatic rings. The number of unbranched alkanes of at least 4 members (excludes halogenated alkanes) is 4. The van der Waals surface area contributed by atoms with E-state index >= 15 is 0 Å². The second kappa shape index (κ2) is 10.0. The lowest BCUT2D eigenvalue weighted by atomic mass is 9.99. The van der Waals surface area contributed by atoms with Gasteiger partial charge in [0.15, 0.2) is 0 Å². The summed E-state index contributed by atoms with van der Waals surface area (Å²) in [6.07, 6.45) is 7.87. The van der Waals surface area contributed by atoms with Crippen molar-refractivity contribution in [2.75, 3.05) is 6.54 Å². The molecular formula is C16H25ClIN. The van der Waals surface area contributed by atoms with Crippen LogP contribution in [0.5, 0.6) is 0 Å². The van der Waals surface area contributed by atoms with Crippen LogP contribution < -0.4 is 5.32 Å². The lowest BCUT2D eigenvalue weighted by Crippen LogP contribution is -2.21. The Balaban J connectivity index is 2.58. The van der Waals surface area contributed by atoms with Gasteiger partial charge in [0.1, 0.15) is 0 Å². The van der Waals surface area contributed by atoms with Crippen LogP contribution in [0.4, 0.5) is 0 Å². The first-order valence-electron chi connectivity index (χ1n) is 7.37. The highest BCUT2D eigenvalue weighted by Gasteiger charge is 2.13. The number of hydrogen-bond donors (Lipinski definition) is 1. The summed E-state index contributed by atoms with van der Waals surface area (Å²) in [7, 11) is 0. The van der Waals surface area contributed by atoms with Crippen LogP contribution in [-0.4, -0.2) is 6.54 Å². The van der Waals surface area contributed by atoms with Crippen LogP contribution in [0, 0.1) is 3.57 Å². The van der Waals surface area contributed by atoms with Gasteiger partial charge in [-0.2, -0.15) is 0 Å². The fourth-order valence-corrected chi connectivity index (χ4v) is 3.24. The monoisotopic (exact) mass is 393 g/mol. The van der Waals surface area contributed by atoms with Crippen molar-refractivity contribution in [3.05, 3.63) is 32.4 Å². The summed E-state index contributed by atoms with van der Waals surface area (Å²) in [6.45, 7) is 5.43. The Morgan fingerprint density at radius 3 is 2.58 bits per heavy atom. The first kappa shape index (κ1) is 17.3. The van der Waals surface area contributed by atoms with Gasteiger partial charge in [0.25, 0.3) is 0 Å². The van der Waals surface area contributed by atoms with E-state index in [0.29, 0.717) is 6.04 Å². The minimum atomic E-state index is 0.442. The van der Waals surface area contributed by atoms with Gasteiger partial charge in [-0.3, -0.25) is 0 Å². The number of hydrogen-bond acceptors (Lipinski definition) is 1. The van der Waals surface area contributed by atoms with Crippen molar-refractivity contribution >= 4 is 34.2 Å². The van der Waals surface area contributed by atoms with Gasteiger partial charge in [-0.1, -0.05) is 57.6 Å². The normalized spacial score (nSPS) is 12.6. The molecule has 0 heterocycles. The molecule has 0 amide bonds. The van der Waals surface area contributed by atoms with Crippen molar-refractivity contribution in [1.82, 2.24) is 5.32 Å². The second-order valence-electron chi connectivity index (χ2n) is 4.98. The molecule has 1 nitrogen and oxygen atoms in total. The van der Waals surface area contributed by atoms with E-state index in [-0.39, 0.29) is 0 Å². The number of rotatable bonds is 9. The first-order valence-corrected chi connectivity index (χ1v) is 8.83. The molecular weight excluding hydrogens is 369 g/mol. The summed E-state index contributed by atoms with van der Waals surface area (Å²) in [5.41, 5.74) is 1.35. The average molecular weight is 394 g/mol. The zero-order valence-corrected chi connectivity index (χ0v) is 14.9. The summed E-state index contributed by atoms with van der Waals surface area (Å²) in [5, 5.41) is 4.43. The number of nitrogens with one attached hydrogen (secondary N) is 1. The standard InChI is InChI=1S/C16H25ClIN/c1-3-5-6-7-8-9-16(19-4-2)14-12-13(17)10-11-15(14)18/h10-12,16,19H,3-9H2,1-2H3. The SMILES string of the molecule is CCCCCCCC(NCC)c1cc(Cl)ccc1I. The van der Waals surface area contributed by atoms with Crippen LogP contribution in [0.1, 0.15) is 64.0 Å². The van der Waals surface area contributed by atoms with Crippen molar-refractivity contribution in [3.63, 3.8) is 0 Å². The molecule has 1 aromatic carbocycles. The predicted octanol–water partition coefficient (Wildman–Crippen LogP) is 5.96. The molecule has 108 valence electrons.